The summed E-state index contributed by atoms with van der Waals surface area (Å²) in [6, 6.07) is 7.37. The number of benzene rings is 1. The number of hydrogen-bond donors (Lipinski definition) is 0. The van der Waals surface area contributed by atoms with E-state index in [0.717, 1.165) is 12.8 Å². The van der Waals surface area contributed by atoms with Crippen molar-refractivity contribution in [3.8, 4) is 5.75 Å². The third kappa shape index (κ3) is 3.54. The van der Waals surface area contributed by atoms with Crippen LogP contribution in [0, 0.1) is 0 Å². The summed E-state index contributed by atoms with van der Waals surface area (Å²) in [6.07, 6.45) is 5.94. The molecule has 0 bridgehead atoms. The number of carbonyl (C=O) groups excluding carboxylic acids is 1. The van der Waals surface area contributed by atoms with E-state index in [2.05, 4.69) is 6.92 Å². The average molecular weight is 218 g/mol. The highest BCUT2D eigenvalue weighted by Crippen LogP contribution is 2.20. The Kier molecular flexibility index (Phi) is 5.34. The van der Waals surface area contributed by atoms with E-state index in [4.69, 9.17) is 4.74 Å². The van der Waals surface area contributed by atoms with E-state index in [9.17, 15) is 4.79 Å². The molecule has 0 spiro atoms. The number of carbonyl (C=O) groups is 1. The van der Waals surface area contributed by atoms with Crippen LogP contribution in [0.3, 0.4) is 0 Å². The second-order valence-corrected chi connectivity index (χ2v) is 3.61. The number of ether oxygens (including phenoxy) is 1. The first-order valence-electron chi connectivity index (χ1n) is 5.69. The van der Waals surface area contributed by atoms with Gasteiger partial charge in [-0.15, -0.1) is 0 Å². The topological polar surface area (TPSA) is 26.3 Å². The van der Waals surface area contributed by atoms with E-state index >= 15 is 0 Å². The Morgan fingerprint density at radius 3 is 2.81 bits per heavy atom. The van der Waals surface area contributed by atoms with Gasteiger partial charge in [0, 0.05) is 6.42 Å². The van der Waals surface area contributed by atoms with Crippen LogP contribution in [0.5, 0.6) is 5.75 Å². The lowest BCUT2D eigenvalue weighted by molar-refractivity contribution is 0.0977. The highest BCUT2D eigenvalue weighted by atomic mass is 16.5. The molecule has 1 aromatic carbocycles. The van der Waals surface area contributed by atoms with Crippen molar-refractivity contribution < 1.29 is 9.53 Å². The molecule has 0 saturated heterocycles. The summed E-state index contributed by atoms with van der Waals surface area (Å²) in [5.41, 5.74) is 0.675. The quantitative estimate of drug-likeness (QED) is 0.533. The van der Waals surface area contributed by atoms with Crippen molar-refractivity contribution in [1.29, 1.82) is 0 Å². The molecule has 0 heterocycles. The van der Waals surface area contributed by atoms with Gasteiger partial charge in [0.15, 0.2) is 5.78 Å². The van der Waals surface area contributed by atoms with Crippen LogP contribution in [0.1, 0.15) is 43.5 Å². The SMILES string of the molecule is CC=COc1ccccc1C(=O)CCCC. The second-order valence-electron chi connectivity index (χ2n) is 3.61. The average Bonchev–Trinajstić information content (AvgIpc) is 2.33. The molecule has 0 aromatic heterocycles. The van der Waals surface area contributed by atoms with Crippen molar-refractivity contribution in [1.82, 2.24) is 0 Å². The molecule has 0 fully saturated rings. The summed E-state index contributed by atoms with van der Waals surface area (Å²) in [7, 11) is 0. The van der Waals surface area contributed by atoms with Crippen LogP contribution in [-0.4, -0.2) is 5.78 Å². The number of hydrogen-bond acceptors (Lipinski definition) is 2. The van der Waals surface area contributed by atoms with Crippen LogP contribution in [0.15, 0.2) is 36.6 Å². The van der Waals surface area contributed by atoms with Crippen LogP contribution in [0.25, 0.3) is 0 Å². The number of Topliss-reactive ketones (excluding diaryl/α,β-unsaturated/α-hetero) is 1. The summed E-state index contributed by atoms with van der Waals surface area (Å²) in [5.74, 6) is 0.795. The number of allylic oxidation sites excluding steroid dienone is 1. The molecule has 2 heteroatoms. The molecule has 0 N–H and O–H groups in total. The Hall–Kier alpha value is -1.57. The van der Waals surface area contributed by atoms with Crippen molar-refractivity contribution >= 4 is 5.78 Å². The van der Waals surface area contributed by atoms with Crippen LogP contribution >= 0.6 is 0 Å². The number of ketones is 1. The first-order chi connectivity index (χ1) is 7.79. The number of unbranched alkanes of at least 4 members (excludes halogenated alkanes) is 1. The Bertz CT molecular complexity index is 367. The Morgan fingerprint density at radius 1 is 1.38 bits per heavy atom. The van der Waals surface area contributed by atoms with Crippen molar-refractivity contribution in [3.05, 3.63) is 42.2 Å². The predicted octanol–water partition coefficient (Wildman–Crippen LogP) is 3.97. The molecule has 16 heavy (non-hydrogen) atoms. The Balaban J connectivity index is 2.80. The van der Waals surface area contributed by atoms with Crippen LogP contribution < -0.4 is 4.74 Å². The first kappa shape index (κ1) is 12.5. The minimum atomic E-state index is 0.155. The zero-order valence-corrected chi connectivity index (χ0v) is 9.90. The van der Waals surface area contributed by atoms with E-state index in [0.29, 0.717) is 17.7 Å². The van der Waals surface area contributed by atoms with Crippen LogP contribution in [0.2, 0.25) is 0 Å². The zero-order valence-electron chi connectivity index (χ0n) is 9.90. The third-order valence-corrected chi connectivity index (χ3v) is 2.28. The summed E-state index contributed by atoms with van der Waals surface area (Å²) >= 11 is 0. The maximum absolute atomic E-state index is 11.9. The summed E-state index contributed by atoms with van der Waals surface area (Å²) in [5, 5.41) is 0. The lowest BCUT2D eigenvalue weighted by Crippen LogP contribution is -2.01. The maximum Gasteiger partial charge on any atom is 0.166 e. The fourth-order valence-electron chi connectivity index (χ4n) is 1.41. The molecule has 0 aliphatic rings. The predicted molar refractivity (Wildman–Crippen MR) is 65.7 cm³/mol. The first-order valence-corrected chi connectivity index (χ1v) is 5.69. The van der Waals surface area contributed by atoms with Gasteiger partial charge in [-0.2, -0.15) is 0 Å². The largest absolute Gasteiger partial charge is 0.465 e. The Morgan fingerprint density at radius 2 is 2.12 bits per heavy atom. The normalized spacial score (nSPS) is 10.6. The molecule has 0 saturated carbocycles. The lowest BCUT2D eigenvalue weighted by Gasteiger charge is -2.06. The van der Waals surface area contributed by atoms with Crippen molar-refractivity contribution in [2.45, 2.75) is 33.1 Å². The molecule has 0 amide bonds. The summed E-state index contributed by atoms with van der Waals surface area (Å²) < 4.78 is 5.39. The second kappa shape index (κ2) is 6.83. The van der Waals surface area contributed by atoms with Crippen LogP contribution in [-0.2, 0) is 0 Å². The molecule has 0 unspecified atom stereocenters. The van der Waals surface area contributed by atoms with Gasteiger partial charge >= 0.3 is 0 Å². The van der Waals surface area contributed by atoms with E-state index in [1.807, 2.05) is 31.2 Å². The van der Waals surface area contributed by atoms with Gasteiger partial charge in [0.2, 0.25) is 0 Å². The summed E-state index contributed by atoms with van der Waals surface area (Å²) in [6.45, 7) is 3.96. The van der Waals surface area contributed by atoms with Crippen molar-refractivity contribution in [2.75, 3.05) is 0 Å². The molecule has 86 valence electrons. The number of para-hydroxylation sites is 1. The third-order valence-electron chi connectivity index (χ3n) is 2.28. The Labute approximate surface area is 96.9 Å². The van der Waals surface area contributed by atoms with Gasteiger partial charge in [-0.05, 0) is 25.5 Å². The molecule has 2 nitrogen and oxygen atoms in total. The van der Waals surface area contributed by atoms with Gasteiger partial charge in [0.25, 0.3) is 0 Å². The minimum absolute atomic E-state index is 0.155. The molecule has 0 radical (unpaired) electrons. The smallest absolute Gasteiger partial charge is 0.166 e. The molecule has 1 aromatic rings. The van der Waals surface area contributed by atoms with Gasteiger partial charge in [0.1, 0.15) is 5.75 Å². The monoisotopic (exact) mass is 218 g/mol. The van der Waals surface area contributed by atoms with Crippen LogP contribution in [0.4, 0.5) is 0 Å². The highest BCUT2D eigenvalue weighted by Gasteiger charge is 2.10. The maximum atomic E-state index is 11.9. The summed E-state index contributed by atoms with van der Waals surface area (Å²) in [4.78, 5) is 11.9. The lowest BCUT2D eigenvalue weighted by atomic mass is 10.0. The highest BCUT2D eigenvalue weighted by molar-refractivity contribution is 5.98. The molecule has 0 atom stereocenters. The number of rotatable bonds is 6. The van der Waals surface area contributed by atoms with Crippen molar-refractivity contribution in [2.24, 2.45) is 0 Å². The van der Waals surface area contributed by atoms with Gasteiger partial charge < -0.3 is 4.74 Å². The van der Waals surface area contributed by atoms with Crippen molar-refractivity contribution in [3.63, 3.8) is 0 Å². The van der Waals surface area contributed by atoms with Gasteiger partial charge in [-0.25, -0.2) is 0 Å². The van der Waals surface area contributed by atoms with Gasteiger partial charge in [-0.1, -0.05) is 31.6 Å². The molecular weight excluding hydrogens is 200 g/mol. The zero-order chi connectivity index (χ0) is 11.8. The van der Waals surface area contributed by atoms with E-state index in [1.165, 1.54) is 0 Å². The fourth-order valence-corrected chi connectivity index (χ4v) is 1.41. The molecule has 0 aliphatic carbocycles. The van der Waals surface area contributed by atoms with E-state index < -0.39 is 0 Å². The standard InChI is InChI=1S/C14H18O2/c1-3-5-9-13(15)12-8-6-7-10-14(12)16-11-4-2/h4,6-8,10-11H,3,5,9H2,1-2H3. The van der Waals surface area contributed by atoms with Gasteiger partial charge in [0.05, 0.1) is 11.8 Å². The fraction of sp³-hybridized carbons (Fsp3) is 0.357. The van der Waals surface area contributed by atoms with Gasteiger partial charge in [-0.3, -0.25) is 4.79 Å². The molecule has 0 aliphatic heterocycles. The molecular formula is C14H18O2. The van der Waals surface area contributed by atoms with E-state index in [-0.39, 0.29) is 5.78 Å². The van der Waals surface area contributed by atoms with E-state index in [1.54, 1.807) is 12.3 Å². The molecule has 1 rings (SSSR count). The minimum Gasteiger partial charge on any atom is -0.465 e.